The molecule has 0 amide bonds. The standard InChI is InChI=1S/C9H10F3NO2S/c1-5(2)16(14,15)13-6-3-7(10)9(12)8(11)4-6/h3-5,13H,1-2H3. The van der Waals surface area contributed by atoms with Crippen LogP contribution in [0.5, 0.6) is 0 Å². The largest absolute Gasteiger partial charge is 0.283 e. The van der Waals surface area contributed by atoms with Gasteiger partial charge in [-0.15, -0.1) is 0 Å². The Labute approximate surface area is 91.3 Å². The summed E-state index contributed by atoms with van der Waals surface area (Å²) < 4.78 is 62.8. The highest BCUT2D eigenvalue weighted by Gasteiger charge is 2.18. The van der Waals surface area contributed by atoms with Gasteiger partial charge in [-0.1, -0.05) is 0 Å². The smallest absolute Gasteiger partial charge is 0.235 e. The maximum Gasteiger partial charge on any atom is 0.235 e. The summed E-state index contributed by atoms with van der Waals surface area (Å²) in [4.78, 5) is 0. The van der Waals surface area contributed by atoms with Crippen LogP contribution in [0.1, 0.15) is 13.8 Å². The minimum absolute atomic E-state index is 0.342. The van der Waals surface area contributed by atoms with Gasteiger partial charge in [0.1, 0.15) is 0 Å². The molecule has 0 heterocycles. The monoisotopic (exact) mass is 253 g/mol. The average Bonchev–Trinajstić information content (AvgIpc) is 2.13. The summed E-state index contributed by atoms with van der Waals surface area (Å²) in [6.07, 6.45) is 0. The van der Waals surface area contributed by atoms with Gasteiger partial charge in [0, 0.05) is 12.1 Å². The summed E-state index contributed by atoms with van der Waals surface area (Å²) in [7, 11) is -3.70. The molecule has 0 aliphatic rings. The van der Waals surface area contributed by atoms with Crippen LogP contribution in [0.3, 0.4) is 0 Å². The first-order chi connectivity index (χ1) is 7.24. The fourth-order valence-electron chi connectivity index (χ4n) is 0.897. The molecule has 90 valence electrons. The van der Waals surface area contributed by atoms with E-state index in [1.807, 2.05) is 4.72 Å². The molecule has 0 aromatic heterocycles. The van der Waals surface area contributed by atoms with Crippen LogP contribution < -0.4 is 4.72 Å². The van der Waals surface area contributed by atoms with Crippen LogP contribution in [0.2, 0.25) is 0 Å². The zero-order chi connectivity index (χ0) is 12.5. The minimum atomic E-state index is -3.70. The highest BCUT2D eigenvalue weighted by molar-refractivity contribution is 7.93. The number of anilines is 1. The van der Waals surface area contributed by atoms with Gasteiger partial charge in [0.05, 0.1) is 10.9 Å². The van der Waals surface area contributed by atoms with Gasteiger partial charge >= 0.3 is 0 Å². The van der Waals surface area contributed by atoms with E-state index in [1.54, 1.807) is 0 Å². The molecular formula is C9H10F3NO2S. The number of benzene rings is 1. The molecule has 0 spiro atoms. The van der Waals surface area contributed by atoms with E-state index in [2.05, 4.69) is 0 Å². The Balaban J connectivity index is 3.09. The van der Waals surface area contributed by atoms with Gasteiger partial charge in [0.15, 0.2) is 17.5 Å². The predicted molar refractivity (Wildman–Crippen MR) is 54.0 cm³/mol. The molecule has 1 aromatic rings. The summed E-state index contributed by atoms with van der Waals surface area (Å²) in [6, 6.07) is 1.16. The van der Waals surface area contributed by atoms with Crippen molar-refractivity contribution in [2.24, 2.45) is 0 Å². The molecule has 0 bridgehead atoms. The number of rotatable bonds is 3. The third kappa shape index (κ3) is 2.66. The predicted octanol–water partition coefficient (Wildman–Crippen LogP) is 2.25. The van der Waals surface area contributed by atoms with Gasteiger partial charge < -0.3 is 0 Å². The average molecular weight is 253 g/mol. The molecule has 0 atom stereocenters. The first kappa shape index (κ1) is 12.8. The van der Waals surface area contributed by atoms with Crippen LogP contribution in [0, 0.1) is 17.5 Å². The highest BCUT2D eigenvalue weighted by Crippen LogP contribution is 2.19. The van der Waals surface area contributed by atoms with Crippen molar-refractivity contribution < 1.29 is 21.6 Å². The fraction of sp³-hybridized carbons (Fsp3) is 0.333. The van der Waals surface area contributed by atoms with Crippen molar-refractivity contribution in [2.75, 3.05) is 4.72 Å². The SMILES string of the molecule is CC(C)S(=O)(=O)Nc1cc(F)c(F)c(F)c1. The molecule has 1 aromatic carbocycles. The molecule has 1 N–H and O–H groups in total. The normalized spacial score (nSPS) is 11.9. The Hall–Kier alpha value is -1.24. The van der Waals surface area contributed by atoms with Crippen LogP contribution in [-0.2, 0) is 10.0 Å². The van der Waals surface area contributed by atoms with Crippen molar-refractivity contribution in [3.05, 3.63) is 29.6 Å². The lowest BCUT2D eigenvalue weighted by Gasteiger charge is -2.10. The minimum Gasteiger partial charge on any atom is -0.283 e. The molecular weight excluding hydrogens is 243 g/mol. The molecule has 0 radical (unpaired) electrons. The summed E-state index contributed by atoms with van der Waals surface area (Å²) >= 11 is 0. The van der Waals surface area contributed by atoms with E-state index in [1.165, 1.54) is 13.8 Å². The first-order valence-corrected chi connectivity index (χ1v) is 5.95. The summed E-state index contributed by atoms with van der Waals surface area (Å²) in [5.41, 5.74) is -0.342. The van der Waals surface area contributed by atoms with E-state index < -0.39 is 32.7 Å². The molecule has 7 heteroatoms. The van der Waals surface area contributed by atoms with Crippen molar-refractivity contribution in [2.45, 2.75) is 19.1 Å². The van der Waals surface area contributed by atoms with Crippen LogP contribution in [0.25, 0.3) is 0 Å². The van der Waals surface area contributed by atoms with Gasteiger partial charge in [0.2, 0.25) is 10.0 Å². The zero-order valence-corrected chi connectivity index (χ0v) is 9.41. The molecule has 0 saturated heterocycles. The second kappa shape index (κ2) is 4.32. The van der Waals surface area contributed by atoms with E-state index in [-0.39, 0.29) is 5.69 Å². The Morgan fingerprint density at radius 2 is 1.56 bits per heavy atom. The second-order valence-corrected chi connectivity index (χ2v) is 5.69. The van der Waals surface area contributed by atoms with Crippen LogP contribution in [-0.4, -0.2) is 13.7 Å². The Bertz CT molecular complexity index is 476. The Morgan fingerprint density at radius 1 is 1.12 bits per heavy atom. The topological polar surface area (TPSA) is 46.2 Å². The van der Waals surface area contributed by atoms with Crippen LogP contribution >= 0.6 is 0 Å². The van der Waals surface area contributed by atoms with Gasteiger partial charge in [0.25, 0.3) is 0 Å². The maximum atomic E-state index is 12.8. The van der Waals surface area contributed by atoms with E-state index in [0.29, 0.717) is 12.1 Å². The lowest BCUT2D eigenvalue weighted by Crippen LogP contribution is -2.22. The van der Waals surface area contributed by atoms with Gasteiger partial charge in [-0.05, 0) is 13.8 Å². The number of hydrogen-bond acceptors (Lipinski definition) is 2. The third-order valence-electron chi connectivity index (χ3n) is 1.86. The molecule has 0 saturated carbocycles. The first-order valence-electron chi connectivity index (χ1n) is 4.40. The van der Waals surface area contributed by atoms with Gasteiger partial charge in [-0.2, -0.15) is 0 Å². The number of sulfonamides is 1. The van der Waals surface area contributed by atoms with Gasteiger partial charge in [-0.25, -0.2) is 21.6 Å². The molecule has 0 aliphatic carbocycles. The van der Waals surface area contributed by atoms with Crippen LogP contribution in [0.4, 0.5) is 18.9 Å². The van der Waals surface area contributed by atoms with Crippen molar-refractivity contribution in [1.29, 1.82) is 0 Å². The van der Waals surface area contributed by atoms with Crippen molar-refractivity contribution in [3.8, 4) is 0 Å². The lowest BCUT2D eigenvalue weighted by molar-refractivity contribution is 0.448. The molecule has 0 fully saturated rings. The molecule has 3 nitrogen and oxygen atoms in total. The van der Waals surface area contributed by atoms with E-state index in [4.69, 9.17) is 0 Å². The van der Waals surface area contributed by atoms with Crippen molar-refractivity contribution in [1.82, 2.24) is 0 Å². The second-order valence-electron chi connectivity index (χ2n) is 3.45. The van der Waals surface area contributed by atoms with E-state index in [9.17, 15) is 21.6 Å². The molecule has 1 rings (SSSR count). The van der Waals surface area contributed by atoms with E-state index >= 15 is 0 Å². The Kier molecular flexibility index (Phi) is 3.47. The number of halogens is 3. The number of hydrogen-bond donors (Lipinski definition) is 1. The van der Waals surface area contributed by atoms with E-state index in [0.717, 1.165) is 0 Å². The quantitative estimate of drug-likeness (QED) is 0.840. The Morgan fingerprint density at radius 3 is 1.94 bits per heavy atom. The molecule has 16 heavy (non-hydrogen) atoms. The summed E-state index contributed by atoms with van der Waals surface area (Å²) in [5, 5.41) is -0.760. The molecule has 0 unspecified atom stereocenters. The summed E-state index contributed by atoms with van der Waals surface area (Å²) in [5.74, 6) is -4.52. The summed E-state index contributed by atoms with van der Waals surface area (Å²) in [6.45, 7) is 2.80. The van der Waals surface area contributed by atoms with Crippen LogP contribution in [0.15, 0.2) is 12.1 Å². The third-order valence-corrected chi connectivity index (χ3v) is 3.63. The maximum absolute atomic E-state index is 12.8. The highest BCUT2D eigenvalue weighted by atomic mass is 32.2. The lowest BCUT2D eigenvalue weighted by atomic mass is 10.3. The van der Waals surface area contributed by atoms with Gasteiger partial charge in [-0.3, -0.25) is 4.72 Å². The zero-order valence-electron chi connectivity index (χ0n) is 8.59. The fourth-order valence-corrected chi connectivity index (χ4v) is 1.58. The van der Waals surface area contributed by atoms with Crippen molar-refractivity contribution in [3.63, 3.8) is 0 Å². The van der Waals surface area contributed by atoms with Crippen molar-refractivity contribution >= 4 is 15.7 Å². The molecule has 0 aliphatic heterocycles. The number of nitrogens with one attached hydrogen (secondary N) is 1.